The van der Waals surface area contributed by atoms with Gasteiger partial charge < -0.3 is 10.0 Å². The summed E-state index contributed by atoms with van der Waals surface area (Å²) >= 11 is 1.25. The van der Waals surface area contributed by atoms with Gasteiger partial charge in [0, 0.05) is 19.5 Å². The molecule has 24 heavy (non-hydrogen) atoms. The zero-order valence-electron chi connectivity index (χ0n) is 12.9. The van der Waals surface area contributed by atoms with Crippen molar-refractivity contribution < 1.29 is 19.1 Å². The number of carboxylic acids is 1. The Balaban J connectivity index is 1.94. The van der Waals surface area contributed by atoms with E-state index in [4.69, 9.17) is 0 Å². The largest absolute Gasteiger partial charge is 0.479 e. The number of thiophene rings is 1. The van der Waals surface area contributed by atoms with Crippen molar-refractivity contribution in [2.24, 2.45) is 7.05 Å². The maximum absolute atomic E-state index is 13.1. The number of likely N-dealkylation sites (N-methyl/N-ethyl adjacent to an activating group) is 1. The van der Waals surface area contributed by atoms with Gasteiger partial charge >= 0.3 is 5.97 Å². The highest BCUT2D eigenvalue weighted by Gasteiger charge is 2.30. The van der Waals surface area contributed by atoms with Crippen molar-refractivity contribution >= 4 is 33.4 Å². The van der Waals surface area contributed by atoms with Crippen LogP contribution >= 0.6 is 11.3 Å². The maximum atomic E-state index is 13.1. The minimum Gasteiger partial charge on any atom is -0.479 e. The Labute approximate surface area is 140 Å². The molecule has 1 atom stereocenters. The molecule has 6 nitrogen and oxygen atoms in total. The molecule has 2 aromatic heterocycles. The fourth-order valence-electron chi connectivity index (χ4n) is 2.52. The van der Waals surface area contributed by atoms with Gasteiger partial charge in [-0.1, -0.05) is 12.1 Å². The second-order valence-corrected chi connectivity index (χ2v) is 6.38. The highest BCUT2D eigenvalue weighted by molar-refractivity contribution is 7.20. The molecular formula is C16H14FN3O3S. The summed E-state index contributed by atoms with van der Waals surface area (Å²) in [4.78, 5) is 26.7. The molecule has 1 N–H and O–H groups in total. The number of amides is 1. The second-order valence-electron chi connectivity index (χ2n) is 5.35. The van der Waals surface area contributed by atoms with Crippen LogP contribution in [-0.4, -0.2) is 38.7 Å². The van der Waals surface area contributed by atoms with Gasteiger partial charge in [0.05, 0.1) is 11.1 Å². The SMILES string of the molecule is CN(C(=O)c1cc2cnn(C)c2s1)C(C(=O)O)c1ccc(F)cc1. The van der Waals surface area contributed by atoms with Crippen molar-refractivity contribution in [1.29, 1.82) is 0 Å². The van der Waals surface area contributed by atoms with E-state index in [1.165, 1.54) is 42.6 Å². The number of carbonyl (C=O) groups excluding carboxylic acids is 1. The van der Waals surface area contributed by atoms with Crippen molar-refractivity contribution in [2.45, 2.75) is 6.04 Å². The number of hydrogen-bond donors (Lipinski definition) is 1. The van der Waals surface area contributed by atoms with Gasteiger partial charge in [0.1, 0.15) is 10.6 Å². The number of halogens is 1. The average Bonchev–Trinajstić information content (AvgIpc) is 3.11. The number of aliphatic carboxylic acids is 1. The molecule has 0 bridgehead atoms. The number of benzene rings is 1. The molecule has 3 aromatic rings. The molecule has 1 unspecified atom stereocenters. The van der Waals surface area contributed by atoms with Gasteiger partial charge in [0.25, 0.3) is 5.91 Å². The molecule has 124 valence electrons. The van der Waals surface area contributed by atoms with Crippen molar-refractivity contribution in [1.82, 2.24) is 14.7 Å². The summed E-state index contributed by atoms with van der Waals surface area (Å²) in [5.74, 6) is -2.05. The monoisotopic (exact) mass is 347 g/mol. The van der Waals surface area contributed by atoms with Gasteiger partial charge in [-0.3, -0.25) is 9.48 Å². The van der Waals surface area contributed by atoms with Crippen molar-refractivity contribution in [2.75, 3.05) is 7.05 Å². The maximum Gasteiger partial charge on any atom is 0.331 e. The summed E-state index contributed by atoms with van der Waals surface area (Å²) in [5.41, 5.74) is 0.336. The number of hydrogen-bond acceptors (Lipinski definition) is 4. The first-order chi connectivity index (χ1) is 11.4. The number of nitrogens with zero attached hydrogens (tertiary/aromatic N) is 3. The van der Waals surface area contributed by atoms with Gasteiger partial charge in [-0.05, 0) is 23.8 Å². The third kappa shape index (κ3) is 2.76. The molecular weight excluding hydrogens is 333 g/mol. The first-order valence-corrected chi connectivity index (χ1v) is 7.87. The molecule has 0 aliphatic heterocycles. The van der Waals surface area contributed by atoms with Crippen LogP contribution in [0.4, 0.5) is 4.39 Å². The summed E-state index contributed by atoms with van der Waals surface area (Å²) in [5, 5.41) is 14.4. The minimum absolute atomic E-state index is 0.336. The average molecular weight is 347 g/mol. The Kier molecular flexibility index (Phi) is 4.06. The molecule has 1 aromatic carbocycles. The van der Waals surface area contributed by atoms with Crippen molar-refractivity contribution in [3.63, 3.8) is 0 Å². The summed E-state index contributed by atoms with van der Waals surface area (Å²) in [6.45, 7) is 0. The number of fused-ring (bicyclic) bond motifs is 1. The second kappa shape index (κ2) is 6.04. The predicted molar refractivity (Wildman–Crippen MR) is 87.5 cm³/mol. The van der Waals surface area contributed by atoms with Crippen LogP contribution in [0.25, 0.3) is 10.2 Å². The number of rotatable bonds is 4. The molecule has 2 heterocycles. The molecule has 0 saturated carbocycles. The lowest BCUT2D eigenvalue weighted by Crippen LogP contribution is -2.35. The third-order valence-electron chi connectivity index (χ3n) is 3.74. The van der Waals surface area contributed by atoms with Gasteiger partial charge in [-0.25, -0.2) is 9.18 Å². The highest BCUT2D eigenvalue weighted by Crippen LogP contribution is 2.28. The lowest BCUT2D eigenvalue weighted by molar-refractivity contribution is -0.142. The van der Waals surface area contributed by atoms with Gasteiger partial charge in [0.15, 0.2) is 6.04 Å². The predicted octanol–water partition coefficient (Wildman–Crippen LogP) is 2.67. The molecule has 0 spiro atoms. The molecule has 3 rings (SSSR count). The topological polar surface area (TPSA) is 75.4 Å². The zero-order valence-corrected chi connectivity index (χ0v) is 13.7. The van der Waals surface area contributed by atoms with Crippen molar-refractivity contribution in [3.05, 3.63) is 52.8 Å². The molecule has 8 heteroatoms. The first kappa shape index (κ1) is 16.1. The van der Waals surface area contributed by atoms with Crippen LogP contribution in [0, 0.1) is 5.82 Å². The number of aryl methyl sites for hydroxylation is 1. The molecule has 0 fully saturated rings. The first-order valence-electron chi connectivity index (χ1n) is 7.05. The van der Waals surface area contributed by atoms with Gasteiger partial charge in [-0.2, -0.15) is 5.10 Å². The lowest BCUT2D eigenvalue weighted by Gasteiger charge is -2.24. The van der Waals surface area contributed by atoms with Crippen LogP contribution in [0.2, 0.25) is 0 Å². The van der Waals surface area contributed by atoms with Crippen LogP contribution in [0.3, 0.4) is 0 Å². The van der Waals surface area contributed by atoms with Crippen LogP contribution in [-0.2, 0) is 11.8 Å². The molecule has 1 amide bonds. The Morgan fingerprint density at radius 2 is 2.00 bits per heavy atom. The molecule has 0 radical (unpaired) electrons. The van der Waals surface area contributed by atoms with E-state index in [-0.39, 0.29) is 0 Å². The van der Waals surface area contributed by atoms with E-state index >= 15 is 0 Å². The van der Waals surface area contributed by atoms with E-state index in [1.807, 2.05) is 0 Å². The quantitative estimate of drug-likeness (QED) is 0.787. The Morgan fingerprint density at radius 3 is 2.58 bits per heavy atom. The van der Waals surface area contributed by atoms with E-state index < -0.39 is 23.7 Å². The van der Waals surface area contributed by atoms with Crippen LogP contribution < -0.4 is 0 Å². The fraction of sp³-hybridized carbons (Fsp3) is 0.188. The van der Waals surface area contributed by atoms with Gasteiger partial charge in [0.2, 0.25) is 0 Å². The summed E-state index contributed by atoms with van der Waals surface area (Å²) < 4.78 is 14.7. The third-order valence-corrected chi connectivity index (χ3v) is 4.95. The smallest absolute Gasteiger partial charge is 0.331 e. The minimum atomic E-state index is -1.19. The number of carboxylic acid groups (broad SMARTS) is 1. The molecule has 0 aliphatic rings. The number of carbonyl (C=O) groups is 2. The van der Waals surface area contributed by atoms with E-state index in [0.717, 1.165) is 15.1 Å². The number of aromatic nitrogens is 2. The molecule has 0 saturated heterocycles. The summed E-state index contributed by atoms with van der Waals surface area (Å²) in [6.07, 6.45) is 1.65. The van der Waals surface area contributed by atoms with E-state index in [1.54, 1.807) is 24.0 Å². The lowest BCUT2D eigenvalue weighted by atomic mass is 10.1. The van der Waals surface area contributed by atoms with Crippen LogP contribution in [0.15, 0.2) is 36.5 Å². The standard InChI is InChI=1S/C16H14FN3O3S/c1-19(13(16(22)23)9-3-5-11(17)6-4-9)14(21)12-7-10-8-18-20(2)15(10)24-12/h3-8,13H,1-2H3,(H,22,23). The summed E-state index contributed by atoms with van der Waals surface area (Å²) in [7, 11) is 3.20. The van der Waals surface area contributed by atoms with Crippen molar-refractivity contribution in [3.8, 4) is 0 Å². The van der Waals surface area contributed by atoms with E-state index in [9.17, 15) is 19.1 Å². The Morgan fingerprint density at radius 1 is 1.33 bits per heavy atom. The zero-order chi connectivity index (χ0) is 17.4. The highest BCUT2D eigenvalue weighted by atomic mass is 32.1. The molecule has 0 aliphatic carbocycles. The van der Waals surface area contributed by atoms with Crippen LogP contribution in [0.5, 0.6) is 0 Å². The Bertz CT molecular complexity index is 916. The van der Waals surface area contributed by atoms with Crippen LogP contribution in [0.1, 0.15) is 21.3 Å². The summed E-state index contributed by atoms with van der Waals surface area (Å²) in [6, 6.07) is 5.58. The Hall–Kier alpha value is -2.74. The fourth-order valence-corrected chi connectivity index (χ4v) is 3.55. The van der Waals surface area contributed by atoms with Gasteiger partial charge in [-0.15, -0.1) is 11.3 Å². The van der Waals surface area contributed by atoms with E-state index in [2.05, 4.69) is 5.10 Å². The normalized spacial score (nSPS) is 12.3. The van der Waals surface area contributed by atoms with E-state index in [0.29, 0.717) is 10.4 Å².